The summed E-state index contributed by atoms with van der Waals surface area (Å²) in [6, 6.07) is 15.2. The molecule has 0 unspecified atom stereocenters. The van der Waals surface area contributed by atoms with Gasteiger partial charge in [-0.25, -0.2) is 0 Å². The van der Waals surface area contributed by atoms with E-state index < -0.39 is 5.92 Å². The molecule has 0 spiro atoms. The second-order valence-corrected chi connectivity index (χ2v) is 7.02. The fourth-order valence-electron chi connectivity index (χ4n) is 3.32. The van der Waals surface area contributed by atoms with Gasteiger partial charge in [0.05, 0.1) is 28.8 Å². The monoisotopic (exact) mass is 438 g/mol. The highest BCUT2D eigenvalue weighted by atomic mass is 79.9. The molecule has 3 aromatic rings. The van der Waals surface area contributed by atoms with E-state index in [0.29, 0.717) is 21.5 Å². The molecule has 1 aliphatic heterocycles. The van der Waals surface area contributed by atoms with Crippen LogP contribution in [0.4, 0.5) is 0 Å². The molecule has 140 valence electrons. The molecule has 0 radical (unpaired) electrons. The third-order valence-corrected chi connectivity index (χ3v) is 5.21. The minimum atomic E-state index is -0.548. The number of aromatic hydroxyl groups is 1. The van der Waals surface area contributed by atoms with Gasteiger partial charge in [0, 0.05) is 0 Å². The predicted octanol–water partition coefficient (Wildman–Crippen LogP) is 3.77. The average Bonchev–Trinajstić information content (AvgIpc) is 3.12. The maximum absolute atomic E-state index is 10.2. The van der Waals surface area contributed by atoms with Crippen molar-refractivity contribution in [3.8, 4) is 34.7 Å². The van der Waals surface area contributed by atoms with E-state index in [4.69, 9.17) is 15.2 Å². The molecule has 7 nitrogen and oxygen atoms in total. The number of nitrogens with two attached hydrogens (primary N) is 1. The molecule has 4 N–H and O–H groups in total. The highest BCUT2D eigenvalue weighted by molar-refractivity contribution is 9.10. The third kappa shape index (κ3) is 2.77. The van der Waals surface area contributed by atoms with Crippen molar-refractivity contribution in [3.05, 3.63) is 69.5 Å². The van der Waals surface area contributed by atoms with E-state index in [9.17, 15) is 10.4 Å². The molecule has 0 fully saturated rings. The number of benzene rings is 2. The van der Waals surface area contributed by atoms with E-state index in [-0.39, 0.29) is 23.0 Å². The number of nitrogens with one attached hydrogen (secondary N) is 1. The molecule has 0 saturated carbocycles. The number of ether oxygens (including phenoxy) is 2. The van der Waals surface area contributed by atoms with Gasteiger partial charge in [-0.05, 0) is 39.2 Å². The summed E-state index contributed by atoms with van der Waals surface area (Å²) in [5.41, 5.74) is 9.27. The molecule has 1 atom stereocenters. The van der Waals surface area contributed by atoms with Gasteiger partial charge in [-0.3, -0.25) is 5.10 Å². The Hall–Kier alpha value is -3.44. The number of methoxy groups -OCH3 is 1. The number of halogens is 1. The van der Waals surface area contributed by atoms with Crippen molar-refractivity contribution in [2.24, 2.45) is 5.73 Å². The van der Waals surface area contributed by atoms with E-state index in [1.54, 1.807) is 12.1 Å². The lowest BCUT2D eigenvalue weighted by Crippen LogP contribution is -2.21. The van der Waals surface area contributed by atoms with Crippen LogP contribution in [0.2, 0.25) is 0 Å². The van der Waals surface area contributed by atoms with E-state index >= 15 is 0 Å². The van der Waals surface area contributed by atoms with Crippen LogP contribution in [0.3, 0.4) is 0 Å². The fraction of sp³-hybridized carbons (Fsp3) is 0.100. The maximum Gasteiger partial charge on any atom is 0.244 e. The van der Waals surface area contributed by atoms with Crippen molar-refractivity contribution in [2.75, 3.05) is 7.11 Å². The van der Waals surface area contributed by atoms with Crippen LogP contribution in [-0.4, -0.2) is 22.4 Å². The van der Waals surface area contributed by atoms with E-state index in [2.05, 4.69) is 32.2 Å². The van der Waals surface area contributed by atoms with Crippen molar-refractivity contribution in [3.63, 3.8) is 0 Å². The topological polar surface area (TPSA) is 117 Å². The Morgan fingerprint density at radius 1 is 1.32 bits per heavy atom. The van der Waals surface area contributed by atoms with Crippen LogP contribution in [0.1, 0.15) is 17.0 Å². The largest absolute Gasteiger partial charge is 0.503 e. The van der Waals surface area contributed by atoms with Gasteiger partial charge in [-0.1, -0.05) is 30.3 Å². The molecule has 1 aromatic heterocycles. The van der Waals surface area contributed by atoms with Gasteiger partial charge in [0.15, 0.2) is 11.5 Å². The predicted molar refractivity (Wildman–Crippen MR) is 106 cm³/mol. The van der Waals surface area contributed by atoms with Crippen molar-refractivity contribution in [1.82, 2.24) is 10.2 Å². The summed E-state index contributed by atoms with van der Waals surface area (Å²) in [5.74, 6) is 0.00815. The maximum atomic E-state index is 10.2. The lowest BCUT2D eigenvalue weighted by Gasteiger charge is -2.24. The summed E-state index contributed by atoms with van der Waals surface area (Å²) in [5, 5.41) is 27.2. The van der Waals surface area contributed by atoms with Gasteiger partial charge >= 0.3 is 0 Å². The Kier molecular flexibility index (Phi) is 4.45. The summed E-state index contributed by atoms with van der Waals surface area (Å²) >= 11 is 3.34. The van der Waals surface area contributed by atoms with Crippen LogP contribution in [0.15, 0.2) is 58.4 Å². The molecule has 28 heavy (non-hydrogen) atoms. The molecular formula is C20H15BrN4O3. The van der Waals surface area contributed by atoms with Crippen molar-refractivity contribution >= 4 is 15.9 Å². The molecule has 2 heterocycles. The van der Waals surface area contributed by atoms with Gasteiger partial charge in [-0.15, -0.1) is 5.10 Å². The molecule has 1 aliphatic rings. The normalized spacial score (nSPS) is 15.5. The van der Waals surface area contributed by atoms with Crippen LogP contribution in [0, 0.1) is 11.3 Å². The minimum Gasteiger partial charge on any atom is -0.503 e. The van der Waals surface area contributed by atoms with Crippen molar-refractivity contribution in [1.29, 1.82) is 5.26 Å². The quantitative estimate of drug-likeness (QED) is 0.572. The molecule has 0 amide bonds. The first-order valence-corrected chi connectivity index (χ1v) is 9.12. The molecule has 0 aliphatic carbocycles. The summed E-state index contributed by atoms with van der Waals surface area (Å²) in [4.78, 5) is 0. The summed E-state index contributed by atoms with van der Waals surface area (Å²) < 4.78 is 11.3. The lowest BCUT2D eigenvalue weighted by atomic mass is 9.83. The number of phenols is 1. The van der Waals surface area contributed by atoms with Gasteiger partial charge < -0.3 is 20.3 Å². The number of nitriles is 1. The molecule has 8 heteroatoms. The van der Waals surface area contributed by atoms with Crippen LogP contribution in [-0.2, 0) is 0 Å². The highest BCUT2D eigenvalue weighted by Crippen LogP contribution is 2.48. The van der Waals surface area contributed by atoms with Crippen LogP contribution in [0.5, 0.6) is 17.4 Å². The zero-order chi connectivity index (χ0) is 19.8. The molecular weight excluding hydrogens is 424 g/mol. The fourth-order valence-corrected chi connectivity index (χ4v) is 3.78. The van der Waals surface area contributed by atoms with Crippen LogP contribution < -0.4 is 15.2 Å². The third-order valence-electron chi connectivity index (χ3n) is 4.61. The van der Waals surface area contributed by atoms with E-state index in [1.807, 2.05) is 30.3 Å². The molecule has 2 aromatic carbocycles. The lowest BCUT2D eigenvalue weighted by molar-refractivity contribution is 0.369. The van der Waals surface area contributed by atoms with Gasteiger partial charge in [0.1, 0.15) is 11.6 Å². The Morgan fingerprint density at radius 3 is 2.75 bits per heavy atom. The Bertz CT molecular complexity index is 1130. The number of nitrogens with zero attached hydrogens (tertiary/aromatic N) is 2. The van der Waals surface area contributed by atoms with E-state index in [0.717, 1.165) is 11.3 Å². The van der Waals surface area contributed by atoms with Gasteiger partial charge in [-0.2, -0.15) is 5.26 Å². The first-order chi connectivity index (χ1) is 13.5. The van der Waals surface area contributed by atoms with E-state index in [1.165, 1.54) is 7.11 Å². The summed E-state index contributed by atoms with van der Waals surface area (Å²) in [6.45, 7) is 0. The summed E-state index contributed by atoms with van der Waals surface area (Å²) in [6.07, 6.45) is 0. The van der Waals surface area contributed by atoms with Gasteiger partial charge in [0.2, 0.25) is 11.8 Å². The Morgan fingerprint density at radius 2 is 2.07 bits per heavy atom. The average molecular weight is 439 g/mol. The number of allylic oxidation sites excluding steroid dienone is 1. The number of fused-ring (bicyclic) bond motifs is 1. The standard InChI is InChI=1S/C20H15BrN4O3/c1-27-14-8-11(7-13(21)18(14)26)15-12(9-22)19(23)28-20-16(15)17(24-25-20)10-5-3-2-4-6-10/h2-8,15,26H,23H2,1H3,(H,24,25)/t15-/m1/s1. The molecule has 0 saturated heterocycles. The number of aromatic amines is 1. The number of phenolic OH excluding ortho intramolecular Hbond substituents is 1. The van der Waals surface area contributed by atoms with Gasteiger partial charge in [0.25, 0.3) is 0 Å². The first kappa shape index (κ1) is 17.9. The SMILES string of the molecule is COc1cc([C@@H]2C(C#N)=C(N)Oc3n[nH]c(-c4ccccc4)c32)cc(Br)c1O. The Balaban J connectivity index is 1.98. The van der Waals surface area contributed by atoms with Crippen molar-refractivity contribution in [2.45, 2.75) is 5.92 Å². The second kappa shape index (κ2) is 6.94. The number of rotatable bonds is 3. The Labute approximate surface area is 169 Å². The number of hydrogen-bond donors (Lipinski definition) is 3. The molecule has 0 bridgehead atoms. The zero-order valence-corrected chi connectivity index (χ0v) is 16.3. The minimum absolute atomic E-state index is 0.00530. The van der Waals surface area contributed by atoms with Crippen LogP contribution in [0.25, 0.3) is 11.3 Å². The first-order valence-electron chi connectivity index (χ1n) is 8.32. The zero-order valence-electron chi connectivity index (χ0n) is 14.7. The number of hydrogen-bond acceptors (Lipinski definition) is 6. The highest BCUT2D eigenvalue weighted by Gasteiger charge is 2.36. The second-order valence-electron chi connectivity index (χ2n) is 6.16. The van der Waals surface area contributed by atoms with Crippen molar-refractivity contribution < 1.29 is 14.6 Å². The molecule has 4 rings (SSSR count). The number of H-pyrrole nitrogens is 1. The smallest absolute Gasteiger partial charge is 0.244 e. The number of aromatic nitrogens is 2. The van der Waals surface area contributed by atoms with Crippen LogP contribution >= 0.6 is 15.9 Å². The summed E-state index contributed by atoms with van der Waals surface area (Å²) in [7, 11) is 1.46.